The van der Waals surface area contributed by atoms with Crippen molar-refractivity contribution >= 4 is 6.03 Å². The van der Waals surface area contributed by atoms with Crippen LogP contribution in [0.25, 0.3) is 0 Å². The van der Waals surface area contributed by atoms with Crippen molar-refractivity contribution in [1.29, 1.82) is 0 Å². The van der Waals surface area contributed by atoms with Crippen LogP contribution >= 0.6 is 0 Å². The third-order valence-electron chi connectivity index (χ3n) is 1.90. The zero-order chi connectivity index (χ0) is 10.8. The van der Waals surface area contributed by atoms with Gasteiger partial charge in [-0.3, -0.25) is 0 Å². The quantitative estimate of drug-likeness (QED) is 0.494. The van der Waals surface area contributed by atoms with Crippen LogP contribution in [-0.4, -0.2) is 18.6 Å². The van der Waals surface area contributed by atoms with Gasteiger partial charge in [-0.15, -0.1) is 6.42 Å². The van der Waals surface area contributed by atoms with Crippen molar-refractivity contribution in [2.75, 3.05) is 6.54 Å². The van der Waals surface area contributed by atoms with Crippen LogP contribution in [0.2, 0.25) is 0 Å². The molecule has 0 aromatic rings. The molecule has 3 nitrogen and oxygen atoms in total. The number of urea groups is 1. The van der Waals surface area contributed by atoms with Crippen molar-refractivity contribution in [3.63, 3.8) is 0 Å². The van der Waals surface area contributed by atoms with Gasteiger partial charge in [0.05, 0.1) is 6.04 Å². The van der Waals surface area contributed by atoms with Gasteiger partial charge in [-0.05, 0) is 12.8 Å². The van der Waals surface area contributed by atoms with Crippen molar-refractivity contribution in [2.45, 2.75) is 45.6 Å². The lowest BCUT2D eigenvalue weighted by atomic mass is 10.2. The Labute approximate surface area is 86.6 Å². The van der Waals surface area contributed by atoms with Crippen LogP contribution in [0.3, 0.4) is 0 Å². The van der Waals surface area contributed by atoms with Gasteiger partial charge in [-0.1, -0.05) is 32.6 Å². The van der Waals surface area contributed by atoms with Crippen LogP contribution in [0.15, 0.2) is 0 Å². The maximum Gasteiger partial charge on any atom is 0.315 e. The van der Waals surface area contributed by atoms with E-state index in [1.54, 1.807) is 0 Å². The van der Waals surface area contributed by atoms with E-state index in [1.807, 2.05) is 6.92 Å². The van der Waals surface area contributed by atoms with Crippen molar-refractivity contribution in [3.8, 4) is 12.3 Å². The molecule has 0 heterocycles. The van der Waals surface area contributed by atoms with Crippen LogP contribution in [0.5, 0.6) is 0 Å². The van der Waals surface area contributed by atoms with Crippen LogP contribution in [0, 0.1) is 12.3 Å². The molecule has 0 aromatic carbocycles. The van der Waals surface area contributed by atoms with E-state index < -0.39 is 0 Å². The average Bonchev–Trinajstić information content (AvgIpc) is 2.17. The normalized spacial score (nSPS) is 11.5. The molecule has 0 aliphatic heterocycles. The van der Waals surface area contributed by atoms with Gasteiger partial charge >= 0.3 is 6.03 Å². The molecule has 2 amide bonds. The number of hydrogen-bond donors (Lipinski definition) is 2. The van der Waals surface area contributed by atoms with Gasteiger partial charge < -0.3 is 10.6 Å². The van der Waals surface area contributed by atoms with Crippen LogP contribution in [0.1, 0.15) is 39.5 Å². The predicted molar refractivity (Wildman–Crippen MR) is 59.0 cm³/mol. The van der Waals surface area contributed by atoms with E-state index in [2.05, 4.69) is 23.5 Å². The first-order valence-electron chi connectivity index (χ1n) is 5.25. The number of carbonyl (C=O) groups excluding carboxylic acids is 1. The molecular formula is C11H20N2O. The summed E-state index contributed by atoms with van der Waals surface area (Å²) < 4.78 is 0. The number of amides is 2. The number of nitrogens with one attached hydrogen (secondary N) is 2. The van der Waals surface area contributed by atoms with Crippen LogP contribution < -0.4 is 10.6 Å². The lowest BCUT2D eigenvalue weighted by Gasteiger charge is -2.12. The minimum Gasteiger partial charge on any atom is -0.338 e. The summed E-state index contributed by atoms with van der Waals surface area (Å²) in [6.45, 7) is 4.84. The molecule has 14 heavy (non-hydrogen) atoms. The Hall–Kier alpha value is -1.17. The molecule has 80 valence electrons. The molecule has 0 spiro atoms. The summed E-state index contributed by atoms with van der Waals surface area (Å²) in [6.07, 6.45) is 9.16. The molecule has 3 heteroatoms. The molecular weight excluding hydrogens is 176 g/mol. The minimum atomic E-state index is -0.158. The summed E-state index contributed by atoms with van der Waals surface area (Å²) in [7, 11) is 0. The number of carbonyl (C=O) groups is 1. The van der Waals surface area contributed by atoms with Gasteiger partial charge in [0.15, 0.2) is 0 Å². The van der Waals surface area contributed by atoms with Gasteiger partial charge in [0.2, 0.25) is 0 Å². The maximum atomic E-state index is 11.2. The highest BCUT2D eigenvalue weighted by Crippen LogP contribution is 1.94. The Morgan fingerprint density at radius 1 is 1.43 bits per heavy atom. The maximum absolute atomic E-state index is 11.2. The highest BCUT2D eigenvalue weighted by molar-refractivity contribution is 5.74. The van der Waals surface area contributed by atoms with E-state index in [9.17, 15) is 4.79 Å². The molecule has 0 saturated heterocycles. The smallest absolute Gasteiger partial charge is 0.315 e. The van der Waals surface area contributed by atoms with Gasteiger partial charge in [-0.25, -0.2) is 4.79 Å². The van der Waals surface area contributed by atoms with Gasteiger partial charge in [-0.2, -0.15) is 0 Å². The fraction of sp³-hybridized carbons (Fsp3) is 0.727. The zero-order valence-electron chi connectivity index (χ0n) is 9.10. The van der Waals surface area contributed by atoms with E-state index in [0.29, 0.717) is 6.54 Å². The first-order valence-corrected chi connectivity index (χ1v) is 5.25. The third kappa shape index (κ3) is 6.36. The number of rotatable bonds is 6. The molecule has 0 fully saturated rings. The SMILES string of the molecule is C#CC(CCC)NC(=O)NCCCC. The molecule has 0 saturated carbocycles. The summed E-state index contributed by atoms with van der Waals surface area (Å²) in [6, 6.07) is -0.295. The highest BCUT2D eigenvalue weighted by Gasteiger charge is 2.06. The second-order valence-electron chi connectivity index (χ2n) is 3.26. The molecule has 0 aromatic heterocycles. The lowest BCUT2D eigenvalue weighted by molar-refractivity contribution is 0.238. The zero-order valence-corrected chi connectivity index (χ0v) is 9.10. The molecule has 2 N–H and O–H groups in total. The summed E-state index contributed by atoms with van der Waals surface area (Å²) in [5.41, 5.74) is 0. The monoisotopic (exact) mass is 196 g/mol. The van der Waals surface area contributed by atoms with Crippen LogP contribution in [-0.2, 0) is 0 Å². The first-order chi connectivity index (χ1) is 6.74. The number of terminal acetylenes is 1. The Morgan fingerprint density at radius 3 is 2.64 bits per heavy atom. The summed E-state index contributed by atoms with van der Waals surface area (Å²) in [4.78, 5) is 11.2. The fourth-order valence-electron chi connectivity index (χ4n) is 1.07. The Morgan fingerprint density at radius 2 is 2.14 bits per heavy atom. The predicted octanol–water partition coefficient (Wildman–Crippen LogP) is 1.89. The van der Waals surface area contributed by atoms with Crippen molar-refractivity contribution < 1.29 is 4.79 Å². The molecule has 1 unspecified atom stereocenters. The fourth-order valence-corrected chi connectivity index (χ4v) is 1.07. The molecule has 0 bridgehead atoms. The summed E-state index contributed by atoms with van der Waals surface area (Å²) in [5.74, 6) is 2.55. The molecule has 0 aliphatic carbocycles. The van der Waals surface area contributed by atoms with Crippen molar-refractivity contribution in [1.82, 2.24) is 10.6 Å². The highest BCUT2D eigenvalue weighted by atomic mass is 16.2. The van der Waals surface area contributed by atoms with E-state index in [0.717, 1.165) is 25.7 Å². The standard InChI is InChI=1S/C11H20N2O/c1-4-7-9-12-11(14)13-10(6-3)8-5-2/h3,10H,4-5,7-9H2,1-2H3,(H2,12,13,14). The van der Waals surface area contributed by atoms with E-state index in [4.69, 9.17) is 6.42 Å². The largest absolute Gasteiger partial charge is 0.338 e. The first kappa shape index (κ1) is 12.8. The minimum absolute atomic E-state index is 0.137. The lowest BCUT2D eigenvalue weighted by Crippen LogP contribution is -2.41. The van der Waals surface area contributed by atoms with E-state index >= 15 is 0 Å². The van der Waals surface area contributed by atoms with Gasteiger partial charge in [0.25, 0.3) is 0 Å². The summed E-state index contributed by atoms with van der Waals surface area (Å²) in [5, 5.41) is 5.50. The molecule has 0 radical (unpaired) electrons. The van der Waals surface area contributed by atoms with E-state index in [-0.39, 0.29) is 12.1 Å². The topological polar surface area (TPSA) is 41.1 Å². The number of hydrogen-bond acceptors (Lipinski definition) is 1. The van der Waals surface area contributed by atoms with Crippen LogP contribution in [0.4, 0.5) is 4.79 Å². The van der Waals surface area contributed by atoms with E-state index in [1.165, 1.54) is 0 Å². The molecule has 0 aliphatic rings. The van der Waals surface area contributed by atoms with Gasteiger partial charge in [0, 0.05) is 6.54 Å². The van der Waals surface area contributed by atoms with Crippen molar-refractivity contribution in [3.05, 3.63) is 0 Å². The second kappa shape index (κ2) is 8.43. The number of unbranched alkanes of at least 4 members (excludes halogenated alkanes) is 1. The van der Waals surface area contributed by atoms with Crippen molar-refractivity contribution in [2.24, 2.45) is 0 Å². The third-order valence-corrected chi connectivity index (χ3v) is 1.90. The Bertz CT molecular complexity index is 196. The van der Waals surface area contributed by atoms with Gasteiger partial charge in [0.1, 0.15) is 0 Å². The second-order valence-corrected chi connectivity index (χ2v) is 3.26. The Kier molecular flexibility index (Phi) is 7.72. The molecule has 0 rings (SSSR count). The Balaban J connectivity index is 3.63. The average molecular weight is 196 g/mol. The molecule has 1 atom stereocenters. The summed E-state index contributed by atoms with van der Waals surface area (Å²) >= 11 is 0.